The summed E-state index contributed by atoms with van der Waals surface area (Å²) in [5.74, 6) is -1.09. The third kappa shape index (κ3) is 3.80. The Labute approximate surface area is 174 Å². The van der Waals surface area contributed by atoms with Gasteiger partial charge in [-0.25, -0.2) is 4.79 Å². The minimum Gasteiger partial charge on any atom is -0.319 e. The maximum absolute atomic E-state index is 13.0. The number of amides is 3. The molecule has 0 bridgehead atoms. The Balaban J connectivity index is 1.82. The van der Waals surface area contributed by atoms with Crippen LogP contribution in [0.15, 0.2) is 42.5 Å². The van der Waals surface area contributed by atoms with Gasteiger partial charge < -0.3 is 5.32 Å². The van der Waals surface area contributed by atoms with E-state index in [0.29, 0.717) is 11.1 Å². The van der Waals surface area contributed by atoms with Gasteiger partial charge in [-0.15, -0.1) is 0 Å². The van der Waals surface area contributed by atoms with Crippen LogP contribution in [0.25, 0.3) is 0 Å². The van der Waals surface area contributed by atoms with E-state index < -0.39 is 34.7 Å². The molecule has 30 heavy (non-hydrogen) atoms. The normalized spacial score (nSPS) is 18.4. The fraction of sp³-hybridized carbons (Fsp3) is 0.318. The van der Waals surface area contributed by atoms with Gasteiger partial charge in [-0.3, -0.25) is 24.6 Å². The molecule has 3 amide bonds. The summed E-state index contributed by atoms with van der Waals surface area (Å²) in [6.07, 6.45) is 1.92. The Morgan fingerprint density at radius 3 is 2.43 bits per heavy atom. The largest absolute Gasteiger partial charge is 0.325 e. The van der Waals surface area contributed by atoms with E-state index in [1.165, 1.54) is 18.2 Å². The molecule has 1 aliphatic rings. The topological polar surface area (TPSA) is 110 Å². The molecule has 1 aliphatic heterocycles. The van der Waals surface area contributed by atoms with Crippen molar-refractivity contribution >= 4 is 23.4 Å². The number of urea groups is 1. The summed E-state index contributed by atoms with van der Waals surface area (Å²) in [7, 11) is 0. The van der Waals surface area contributed by atoms with Gasteiger partial charge in [-0.1, -0.05) is 49.7 Å². The number of nitro benzene ring substituents is 1. The van der Waals surface area contributed by atoms with Crippen molar-refractivity contribution in [3.63, 3.8) is 0 Å². The van der Waals surface area contributed by atoms with Crippen LogP contribution in [-0.4, -0.2) is 34.1 Å². The van der Waals surface area contributed by atoms with Crippen molar-refractivity contribution in [2.45, 2.75) is 39.2 Å². The summed E-state index contributed by atoms with van der Waals surface area (Å²) in [4.78, 5) is 49.5. The SMILES string of the molecule is CCCc1ccc([C@@]2(C)NC(=O)N(CC(=O)c3ccc(C)c([N+](=O)[O-])c3)C2=O)cc1. The van der Waals surface area contributed by atoms with Crippen molar-refractivity contribution in [1.29, 1.82) is 0 Å². The molecule has 1 fully saturated rings. The number of rotatable bonds is 7. The number of imide groups is 1. The van der Waals surface area contributed by atoms with Crippen LogP contribution < -0.4 is 5.32 Å². The molecule has 1 N–H and O–H groups in total. The first-order valence-electron chi connectivity index (χ1n) is 9.69. The van der Waals surface area contributed by atoms with Crippen LogP contribution in [0.1, 0.15) is 47.3 Å². The lowest BCUT2D eigenvalue weighted by molar-refractivity contribution is -0.385. The highest BCUT2D eigenvalue weighted by Crippen LogP contribution is 2.29. The quantitative estimate of drug-likeness (QED) is 0.326. The number of hydrogen-bond acceptors (Lipinski definition) is 5. The molecule has 0 saturated carbocycles. The van der Waals surface area contributed by atoms with Gasteiger partial charge in [0.05, 0.1) is 11.5 Å². The van der Waals surface area contributed by atoms with Gasteiger partial charge in [-0.05, 0) is 31.4 Å². The fourth-order valence-corrected chi connectivity index (χ4v) is 3.54. The lowest BCUT2D eigenvalue weighted by atomic mass is 9.91. The third-order valence-corrected chi connectivity index (χ3v) is 5.37. The number of nitro groups is 1. The van der Waals surface area contributed by atoms with E-state index >= 15 is 0 Å². The Kier molecular flexibility index (Phi) is 5.69. The molecular formula is C22H23N3O5. The predicted octanol–water partition coefficient (Wildman–Crippen LogP) is 3.51. The number of carbonyl (C=O) groups is 3. The molecule has 2 aromatic rings. The average molecular weight is 409 g/mol. The Bertz CT molecular complexity index is 1030. The van der Waals surface area contributed by atoms with Crippen LogP contribution in [0.3, 0.4) is 0 Å². The Hall–Kier alpha value is -3.55. The number of nitrogens with one attached hydrogen (secondary N) is 1. The van der Waals surface area contributed by atoms with E-state index in [2.05, 4.69) is 12.2 Å². The predicted molar refractivity (Wildman–Crippen MR) is 110 cm³/mol. The van der Waals surface area contributed by atoms with Crippen LogP contribution in [0.5, 0.6) is 0 Å². The molecule has 1 atom stereocenters. The number of Topliss-reactive ketones (excluding diaryl/α,β-unsaturated/α-hetero) is 1. The first kappa shape index (κ1) is 21.2. The molecule has 1 heterocycles. The molecule has 0 radical (unpaired) electrons. The second-order valence-electron chi connectivity index (χ2n) is 7.57. The molecule has 0 spiro atoms. The summed E-state index contributed by atoms with van der Waals surface area (Å²) in [6, 6.07) is 10.9. The van der Waals surface area contributed by atoms with Crippen molar-refractivity contribution in [1.82, 2.24) is 10.2 Å². The summed E-state index contributed by atoms with van der Waals surface area (Å²) >= 11 is 0. The van der Waals surface area contributed by atoms with E-state index in [1.807, 2.05) is 12.1 Å². The van der Waals surface area contributed by atoms with Crippen LogP contribution in [0.4, 0.5) is 10.5 Å². The number of nitrogens with zero attached hydrogens (tertiary/aromatic N) is 2. The first-order chi connectivity index (χ1) is 14.2. The minimum atomic E-state index is -1.28. The highest BCUT2D eigenvalue weighted by atomic mass is 16.6. The van der Waals surface area contributed by atoms with Crippen molar-refractivity contribution in [2.75, 3.05) is 6.54 Å². The smallest absolute Gasteiger partial charge is 0.319 e. The van der Waals surface area contributed by atoms with Gasteiger partial charge in [0.2, 0.25) is 0 Å². The molecule has 0 unspecified atom stereocenters. The number of benzene rings is 2. The van der Waals surface area contributed by atoms with Crippen molar-refractivity contribution in [3.8, 4) is 0 Å². The molecule has 156 valence electrons. The second kappa shape index (κ2) is 8.06. The van der Waals surface area contributed by atoms with E-state index in [4.69, 9.17) is 0 Å². The number of aryl methyl sites for hydroxylation is 2. The molecule has 8 nitrogen and oxygen atoms in total. The van der Waals surface area contributed by atoms with E-state index in [1.54, 1.807) is 26.0 Å². The van der Waals surface area contributed by atoms with Crippen molar-refractivity contribution in [2.24, 2.45) is 0 Å². The average Bonchev–Trinajstić information content (AvgIpc) is 2.92. The maximum atomic E-state index is 13.0. The van der Waals surface area contributed by atoms with Crippen LogP contribution in [0.2, 0.25) is 0 Å². The van der Waals surface area contributed by atoms with Crippen molar-refractivity contribution < 1.29 is 19.3 Å². The van der Waals surface area contributed by atoms with E-state index in [9.17, 15) is 24.5 Å². The van der Waals surface area contributed by atoms with Crippen LogP contribution >= 0.6 is 0 Å². The highest BCUT2D eigenvalue weighted by molar-refractivity contribution is 6.11. The van der Waals surface area contributed by atoms with Gasteiger partial charge in [-0.2, -0.15) is 0 Å². The van der Waals surface area contributed by atoms with E-state index in [0.717, 1.165) is 23.3 Å². The van der Waals surface area contributed by atoms with E-state index in [-0.39, 0.29) is 11.3 Å². The zero-order valence-electron chi connectivity index (χ0n) is 17.1. The van der Waals surface area contributed by atoms with Gasteiger partial charge >= 0.3 is 6.03 Å². The van der Waals surface area contributed by atoms with Crippen molar-refractivity contribution in [3.05, 3.63) is 74.8 Å². The second-order valence-corrected chi connectivity index (χ2v) is 7.57. The van der Waals surface area contributed by atoms with Gasteiger partial charge in [0.15, 0.2) is 5.78 Å². The summed E-state index contributed by atoms with van der Waals surface area (Å²) in [6.45, 7) is 4.76. The minimum absolute atomic E-state index is 0.0745. The fourth-order valence-electron chi connectivity index (χ4n) is 3.54. The molecular weight excluding hydrogens is 386 g/mol. The lowest BCUT2D eigenvalue weighted by Gasteiger charge is -2.22. The zero-order chi connectivity index (χ0) is 22.1. The summed E-state index contributed by atoms with van der Waals surface area (Å²) < 4.78 is 0. The van der Waals surface area contributed by atoms with Gasteiger partial charge in [0, 0.05) is 17.2 Å². The van der Waals surface area contributed by atoms with Gasteiger partial charge in [0.1, 0.15) is 5.54 Å². The molecule has 0 aromatic heterocycles. The standard InChI is InChI=1S/C22H23N3O5/c1-4-5-15-7-10-17(11-8-15)22(3)20(27)24(21(28)23-22)13-19(26)16-9-6-14(2)18(12-16)25(29)30/h6-12H,4-5,13H2,1-3H3,(H,23,28)/t22-/m1/s1. The zero-order valence-corrected chi connectivity index (χ0v) is 17.1. The molecule has 3 rings (SSSR count). The summed E-state index contributed by atoms with van der Waals surface area (Å²) in [5.41, 5.74) is 0.795. The monoisotopic (exact) mass is 409 g/mol. The van der Waals surface area contributed by atoms with Crippen LogP contribution in [0, 0.1) is 17.0 Å². The number of carbonyl (C=O) groups excluding carboxylic acids is 3. The Morgan fingerprint density at radius 2 is 1.83 bits per heavy atom. The molecule has 2 aromatic carbocycles. The number of hydrogen-bond donors (Lipinski definition) is 1. The lowest BCUT2D eigenvalue weighted by Crippen LogP contribution is -2.41. The van der Waals surface area contributed by atoms with Crippen LogP contribution in [-0.2, 0) is 16.8 Å². The highest BCUT2D eigenvalue weighted by Gasteiger charge is 2.49. The first-order valence-corrected chi connectivity index (χ1v) is 9.69. The maximum Gasteiger partial charge on any atom is 0.325 e. The van der Waals surface area contributed by atoms with Gasteiger partial charge in [0.25, 0.3) is 11.6 Å². The number of ketones is 1. The third-order valence-electron chi connectivity index (χ3n) is 5.37. The molecule has 0 aliphatic carbocycles. The molecule has 1 saturated heterocycles. The molecule has 8 heteroatoms. The Morgan fingerprint density at radius 1 is 1.17 bits per heavy atom. The summed E-state index contributed by atoms with van der Waals surface area (Å²) in [5, 5.41) is 13.8.